The lowest BCUT2D eigenvalue weighted by Crippen LogP contribution is -2.09. The van der Waals surface area contributed by atoms with Gasteiger partial charge in [-0.2, -0.15) is 0 Å². The van der Waals surface area contributed by atoms with Gasteiger partial charge >= 0.3 is 0 Å². The second-order valence-electron chi connectivity index (χ2n) is 4.01. The molecule has 20 heavy (non-hydrogen) atoms. The molecule has 100 valence electrons. The van der Waals surface area contributed by atoms with Crippen LogP contribution in [-0.4, -0.2) is 11.1 Å². The second kappa shape index (κ2) is 5.48. The van der Waals surface area contributed by atoms with E-state index in [1.807, 2.05) is 23.6 Å². The maximum Gasteiger partial charge on any atom is 0.268 e. The highest BCUT2D eigenvalue weighted by atomic mass is 35.5. The minimum absolute atomic E-state index is 0.209. The summed E-state index contributed by atoms with van der Waals surface area (Å²) in [5, 5.41) is 9.08. The topological polar surface area (TPSA) is 55.1 Å². The Morgan fingerprint density at radius 1 is 1.25 bits per heavy atom. The molecule has 0 atom stereocenters. The Morgan fingerprint density at radius 2 is 2.05 bits per heavy atom. The van der Waals surface area contributed by atoms with E-state index in [9.17, 15) is 4.79 Å². The molecule has 0 bridgehead atoms. The fraction of sp³-hybridized carbons (Fsp3) is 0. The van der Waals surface area contributed by atoms with Gasteiger partial charge in [0.1, 0.15) is 5.69 Å². The molecule has 1 amide bonds. The molecule has 0 saturated heterocycles. The van der Waals surface area contributed by atoms with Crippen molar-refractivity contribution < 1.29 is 9.32 Å². The summed E-state index contributed by atoms with van der Waals surface area (Å²) in [5.74, 6) is 0.104. The quantitative estimate of drug-likeness (QED) is 0.784. The zero-order valence-corrected chi connectivity index (χ0v) is 11.7. The van der Waals surface area contributed by atoms with E-state index in [2.05, 4.69) is 10.5 Å². The lowest BCUT2D eigenvalue weighted by Gasteiger charge is -1.96. The number of amides is 1. The summed E-state index contributed by atoms with van der Waals surface area (Å²) in [6, 6.07) is 12.5. The van der Waals surface area contributed by atoms with Gasteiger partial charge in [0, 0.05) is 16.7 Å². The van der Waals surface area contributed by atoms with E-state index in [1.54, 1.807) is 24.3 Å². The lowest BCUT2D eigenvalue weighted by molar-refractivity contribution is 0.102. The molecule has 0 unspecified atom stereocenters. The summed E-state index contributed by atoms with van der Waals surface area (Å²) in [5.41, 5.74) is 1.51. The predicted octanol–water partition coefficient (Wildman–Crippen LogP) is 4.31. The molecule has 3 rings (SSSR count). The van der Waals surface area contributed by atoms with E-state index in [4.69, 9.17) is 16.1 Å². The highest BCUT2D eigenvalue weighted by Crippen LogP contribution is 2.23. The van der Waals surface area contributed by atoms with Crippen LogP contribution in [0.4, 0.5) is 5.88 Å². The third-order valence-corrected chi connectivity index (χ3v) is 3.75. The first-order valence-corrected chi connectivity index (χ1v) is 7.05. The van der Waals surface area contributed by atoms with E-state index in [1.165, 1.54) is 11.3 Å². The number of thiophene rings is 1. The summed E-state index contributed by atoms with van der Waals surface area (Å²) in [7, 11) is 0. The number of carbonyl (C=O) groups excluding carboxylic acids is 1. The molecule has 6 heteroatoms. The number of hydrogen-bond donors (Lipinski definition) is 1. The van der Waals surface area contributed by atoms with Crippen LogP contribution in [0.1, 0.15) is 9.67 Å². The van der Waals surface area contributed by atoms with Gasteiger partial charge in [-0.3, -0.25) is 10.1 Å². The minimum Gasteiger partial charge on any atom is -0.338 e. The molecule has 1 N–H and O–H groups in total. The van der Waals surface area contributed by atoms with Crippen LogP contribution in [0.5, 0.6) is 0 Å². The third kappa shape index (κ3) is 2.74. The van der Waals surface area contributed by atoms with Gasteiger partial charge in [0.05, 0.1) is 4.88 Å². The van der Waals surface area contributed by atoms with Gasteiger partial charge in [0.2, 0.25) is 5.88 Å². The van der Waals surface area contributed by atoms with Gasteiger partial charge in [0.25, 0.3) is 5.91 Å². The van der Waals surface area contributed by atoms with Crippen molar-refractivity contribution in [1.82, 2.24) is 5.16 Å². The SMILES string of the molecule is O=C(Nc1cc(-c2ccc(Cl)cc2)no1)c1cccs1. The second-order valence-corrected chi connectivity index (χ2v) is 5.40. The maximum absolute atomic E-state index is 11.9. The van der Waals surface area contributed by atoms with Gasteiger partial charge in [-0.05, 0) is 23.6 Å². The molecule has 0 spiro atoms. The van der Waals surface area contributed by atoms with Crippen LogP contribution in [0.3, 0.4) is 0 Å². The average Bonchev–Trinajstić information content (AvgIpc) is 3.10. The van der Waals surface area contributed by atoms with Gasteiger partial charge in [-0.25, -0.2) is 0 Å². The Morgan fingerprint density at radius 3 is 2.75 bits per heavy atom. The normalized spacial score (nSPS) is 10.4. The number of nitrogens with one attached hydrogen (secondary N) is 1. The Kier molecular flexibility index (Phi) is 3.54. The van der Waals surface area contributed by atoms with Crippen LogP contribution in [0.2, 0.25) is 5.02 Å². The molecule has 1 aromatic carbocycles. The van der Waals surface area contributed by atoms with Crippen LogP contribution in [0, 0.1) is 0 Å². The highest BCUT2D eigenvalue weighted by molar-refractivity contribution is 7.12. The number of halogens is 1. The number of nitrogens with zero attached hydrogens (tertiary/aromatic N) is 1. The summed E-state index contributed by atoms with van der Waals surface area (Å²) in [4.78, 5) is 12.5. The van der Waals surface area contributed by atoms with Crippen molar-refractivity contribution in [3.8, 4) is 11.3 Å². The van der Waals surface area contributed by atoms with Crippen LogP contribution in [0.25, 0.3) is 11.3 Å². The van der Waals surface area contributed by atoms with Crippen LogP contribution in [-0.2, 0) is 0 Å². The number of aromatic nitrogens is 1. The van der Waals surface area contributed by atoms with Gasteiger partial charge in [-0.15, -0.1) is 11.3 Å². The molecule has 2 heterocycles. The largest absolute Gasteiger partial charge is 0.338 e. The Bertz CT molecular complexity index is 720. The summed E-state index contributed by atoms with van der Waals surface area (Å²) in [6.45, 7) is 0. The first-order chi connectivity index (χ1) is 9.72. The fourth-order valence-electron chi connectivity index (χ4n) is 1.67. The van der Waals surface area contributed by atoms with E-state index in [0.717, 1.165) is 5.56 Å². The van der Waals surface area contributed by atoms with Crippen LogP contribution in [0.15, 0.2) is 52.4 Å². The molecular formula is C14H9ClN2O2S. The smallest absolute Gasteiger partial charge is 0.268 e. The maximum atomic E-state index is 11.9. The zero-order chi connectivity index (χ0) is 13.9. The van der Waals surface area contributed by atoms with Gasteiger partial charge in [0.15, 0.2) is 0 Å². The van der Waals surface area contributed by atoms with E-state index >= 15 is 0 Å². The monoisotopic (exact) mass is 304 g/mol. The molecule has 4 nitrogen and oxygen atoms in total. The van der Waals surface area contributed by atoms with Crippen molar-refractivity contribution >= 4 is 34.7 Å². The van der Waals surface area contributed by atoms with E-state index in [0.29, 0.717) is 21.5 Å². The molecule has 0 aliphatic carbocycles. The Hall–Kier alpha value is -2.11. The van der Waals surface area contributed by atoms with E-state index < -0.39 is 0 Å². The summed E-state index contributed by atoms with van der Waals surface area (Å²) < 4.78 is 5.11. The molecule has 0 aliphatic rings. The molecule has 0 aliphatic heterocycles. The van der Waals surface area contributed by atoms with Crippen molar-refractivity contribution in [2.24, 2.45) is 0 Å². The van der Waals surface area contributed by atoms with Crippen molar-refractivity contribution in [1.29, 1.82) is 0 Å². The van der Waals surface area contributed by atoms with Crippen LogP contribution < -0.4 is 5.32 Å². The van der Waals surface area contributed by atoms with Crippen LogP contribution >= 0.6 is 22.9 Å². The molecular weight excluding hydrogens is 296 g/mol. The first kappa shape index (κ1) is 12.9. The molecule has 0 fully saturated rings. The third-order valence-electron chi connectivity index (χ3n) is 2.63. The number of carbonyl (C=O) groups is 1. The number of rotatable bonds is 3. The zero-order valence-electron chi connectivity index (χ0n) is 10.2. The van der Waals surface area contributed by atoms with Crippen molar-refractivity contribution in [2.75, 3.05) is 5.32 Å². The fourth-order valence-corrected chi connectivity index (χ4v) is 2.42. The highest BCUT2D eigenvalue weighted by Gasteiger charge is 2.11. The number of hydrogen-bond acceptors (Lipinski definition) is 4. The number of benzene rings is 1. The lowest BCUT2D eigenvalue weighted by atomic mass is 10.1. The average molecular weight is 305 g/mol. The standard InChI is InChI=1S/C14H9ClN2O2S/c15-10-5-3-9(4-6-10)11-8-13(19-17-11)16-14(18)12-2-1-7-20-12/h1-8H,(H,16,18). The molecule has 3 aromatic rings. The minimum atomic E-state index is -0.209. The Labute approximate surface area is 124 Å². The van der Waals surface area contributed by atoms with Gasteiger partial charge < -0.3 is 4.52 Å². The number of anilines is 1. The first-order valence-electron chi connectivity index (χ1n) is 5.80. The Balaban J connectivity index is 1.77. The van der Waals surface area contributed by atoms with E-state index in [-0.39, 0.29) is 5.91 Å². The predicted molar refractivity (Wildman–Crippen MR) is 79.2 cm³/mol. The molecule has 0 saturated carbocycles. The van der Waals surface area contributed by atoms with Gasteiger partial charge in [-0.1, -0.05) is 35.0 Å². The van der Waals surface area contributed by atoms with Crippen molar-refractivity contribution in [3.05, 3.63) is 57.7 Å². The summed E-state index contributed by atoms with van der Waals surface area (Å²) >= 11 is 7.20. The molecule has 0 radical (unpaired) electrons. The molecule has 2 aromatic heterocycles. The van der Waals surface area contributed by atoms with Crippen molar-refractivity contribution in [2.45, 2.75) is 0 Å². The summed E-state index contributed by atoms with van der Waals surface area (Å²) in [6.07, 6.45) is 0. The van der Waals surface area contributed by atoms with Crippen molar-refractivity contribution in [3.63, 3.8) is 0 Å².